The number of halogens is 1. The Balaban J connectivity index is 1.37. The van der Waals surface area contributed by atoms with E-state index in [2.05, 4.69) is 22.4 Å². The molecule has 0 fully saturated rings. The zero-order valence-electron chi connectivity index (χ0n) is 15.8. The standard InChI is InChI=1S/C21H23ClN4OS/c1-26-12-17(24-13-26)18(27)3-2-4-20-25-21-16(23-10-9-19(21)28-20)11-14-5-7-15(22)8-6-14/h5-8,12-13,16,23H,2-4,9-11H2,1H3. The third-order valence-electron chi connectivity index (χ3n) is 4.98. The highest BCUT2D eigenvalue weighted by molar-refractivity contribution is 7.11. The van der Waals surface area contributed by atoms with E-state index in [1.807, 2.05) is 19.2 Å². The molecule has 1 N–H and O–H groups in total. The van der Waals surface area contributed by atoms with Gasteiger partial charge in [0.15, 0.2) is 5.78 Å². The highest BCUT2D eigenvalue weighted by Gasteiger charge is 2.24. The molecular weight excluding hydrogens is 392 g/mol. The Morgan fingerprint density at radius 2 is 2.18 bits per heavy atom. The van der Waals surface area contributed by atoms with Crippen molar-refractivity contribution in [1.82, 2.24) is 19.9 Å². The molecule has 3 heterocycles. The molecule has 146 valence electrons. The molecule has 0 saturated carbocycles. The fourth-order valence-corrected chi connectivity index (χ4v) is 4.84. The van der Waals surface area contributed by atoms with Crippen LogP contribution in [0.25, 0.3) is 0 Å². The first-order chi connectivity index (χ1) is 13.6. The summed E-state index contributed by atoms with van der Waals surface area (Å²) in [6, 6.07) is 8.27. The van der Waals surface area contributed by atoms with Crippen molar-refractivity contribution in [3.63, 3.8) is 0 Å². The van der Waals surface area contributed by atoms with Gasteiger partial charge in [0, 0.05) is 36.1 Å². The Labute approximate surface area is 173 Å². The summed E-state index contributed by atoms with van der Waals surface area (Å²) in [5.41, 5.74) is 2.98. The lowest BCUT2D eigenvalue weighted by molar-refractivity contribution is 0.0976. The number of ketones is 1. The number of hydrogen-bond donors (Lipinski definition) is 1. The summed E-state index contributed by atoms with van der Waals surface area (Å²) in [7, 11) is 1.87. The molecule has 0 bridgehead atoms. The molecule has 5 nitrogen and oxygen atoms in total. The van der Waals surface area contributed by atoms with Crippen molar-refractivity contribution in [3.8, 4) is 0 Å². The van der Waals surface area contributed by atoms with Crippen molar-refractivity contribution in [2.75, 3.05) is 6.54 Å². The number of hydrogen-bond acceptors (Lipinski definition) is 5. The summed E-state index contributed by atoms with van der Waals surface area (Å²) in [5.74, 6) is 0.101. The number of benzene rings is 1. The van der Waals surface area contributed by atoms with E-state index in [0.717, 1.165) is 42.3 Å². The number of Topliss-reactive ketones (excluding diaryl/α,β-unsaturated/α-hetero) is 1. The average Bonchev–Trinajstić information content (AvgIpc) is 3.30. The molecule has 3 aromatic rings. The number of aryl methyl sites for hydroxylation is 2. The number of nitrogens with zero attached hydrogens (tertiary/aromatic N) is 3. The molecule has 1 atom stereocenters. The third-order valence-corrected chi connectivity index (χ3v) is 6.43. The topological polar surface area (TPSA) is 59.8 Å². The van der Waals surface area contributed by atoms with E-state index in [-0.39, 0.29) is 11.8 Å². The van der Waals surface area contributed by atoms with E-state index in [4.69, 9.17) is 16.6 Å². The van der Waals surface area contributed by atoms with Gasteiger partial charge in [-0.05, 0) is 43.4 Å². The zero-order chi connectivity index (χ0) is 19.5. The molecule has 0 aliphatic carbocycles. The Morgan fingerprint density at radius 3 is 2.93 bits per heavy atom. The number of imidazole rings is 1. The van der Waals surface area contributed by atoms with Crippen molar-refractivity contribution in [1.29, 1.82) is 0 Å². The number of carbonyl (C=O) groups is 1. The molecule has 1 aliphatic heterocycles. The minimum atomic E-state index is 0.101. The van der Waals surface area contributed by atoms with Gasteiger partial charge in [0.1, 0.15) is 5.69 Å². The van der Waals surface area contributed by atoms with Crippen molar-refractivity contribution in [2.45, 2.75) is 38.1 Å². The van der Waals surface area contributed by atoms with Gasteiger partial charge in [-0.2, -0.15) is 0 Å². The van der Waals surface area contributed by atoms with E-state index in [9.17, 15) is 4.79 Å². The van der Waals surface area contributed by atoms with E-state index in [1.165, 1.54) is 16.1 Å². The van der Waals surface area contributed by atoms with Crippen LogP contribution in [-0.2, 0) is 26.3 Å². The van der Waals surface area contributed by atoms with Gasteiger partial charge in [-0.1, -0.05) is 23.7 Å². The van der Waals surface area contributed by atoms with Crippen LogP contribution in [0.3, 0.4) is 0 Å². The number of fused-ring (bicyclic) bond motifs is 1. The number of thiazole rings is 1. The second-order valence-electron chi connectivity index (χ2n) is 7.20. The second kappa shape index (κ2) is 8.55. The van der Waals surface area contributed by atoms with Crippen molar-refractivity contribution >= 4 is 28.7 Å². The van der Waals surface area contributed by atoms with E-state index in [0.29, 0.717) is 12.1 Å². The summed E-state index contributed by atoms with van der Waals surface area (Å²) < 4.78 is 1.80. The molecule has 7 heteroatoms. The van der Waals surface area contributed by atoms with Crippen molar-refractivity contribution < 1.29 is 4.79 Å². The van der Waals surface area contributed by atoms with Gasteiger partial charge < -0.3 is 9.88 Å². The SMILES string of the molecule is Cn1cnc(C(=O)CCCc2nc3c(s2)CCNC3Cc2ccc(Cl)cc2)c1. The van der Waals surface area contributed by atoms with Crippen molar-refractivity contribution in [2.24, 2.45) is 7.05 Å². The van der Waals surface area contributed by atoms with E-state index in [1.54, 1.807) is 28.4 Å². The van der Waals surface area contributed by atoms with Gasteiger partial charge in [0.25, 0.3) is 0 Å². The summed E-state index contributed by atoms with van der Waals surface area (Å²) in [6.45, 7) is 0.977. The maximum atomic E-state index is 12.2. The molecule has 1 unspecified atom stereocenters. The lowest BCUT2D eigenvalue weighted by atomic mass is 9.99. The monoisotopic (exact) mass is 414 g/mol. The fraction of sp³-hybridized carbons (Fsp3) is 0.381. The van der Waals surface area contributed by atoms with Crippen LogP contribution < -0.4 is 5.32 Å². The quantitative estimate of drug-likeness (QED) is 0.589. The first kappa shape index (κ1) is 19.3. The van der Waals surface area contributed by atoms with Gasteiger partial charge in [0.05, 0.1) is 23.1 Å². The van der Waals surface area contributed by atoms with E-state index < -0.39 is 0 Å². The second-order valence-corrected chi connectivity index (χ2v) is 8.81. The predicted molar refractivity (Wildman–Crippen MR) is 112 cm³/mol. The smallest absolute Gasteiger partial charge is 0.182 e. The Bertz CT molecular complexity index is 963. The molecule has 0 saturated heterocycles. The molecule has 0 amide bonds. The first-order valence-electron chi connectivity index (χ1n) is 9.56. The molecule has 1 aromatic carbocycles. The van der Waals surface area contributed by atoms with Crippen LogP contribution in [0.1, 0.15) is 50.5 Å². The van der Waals surface area contributed by atoms with Crippen LogP contribution in [0.2, 0.25) is 5.02 Å². The van der Waals surface area contributed by atoms with Crippen LogP contribution >= 0.6 is 22.9 Å². The number of aromatic nitrogens is 3. The van der Waals surface area contributed by atoms with Crippen LogP contribution in [0, 0.1) is 0 Å². The maximum Gasteiger partial charge on any atom is 0.182 e. The Kier molecular flexibility index (Phi) is 5.90. The van der Waals surface area contributed by atoms with Gasteiger partial charge in [-0.3, -0.25) is 4.79 Å². The minimum absolute atomic E-state index is 0.101. The van der Waals surface area contributed by atoms with E-state index >= 15 is 0 Å². The number of rotatable bonds is 7. The van der Waals surface area contributed by atoms with Crippen LogP contribution in [0.4, 0.5) is 0 Å². The minimum Gasteiger partial charge on any atom is -0.340 e. The van der Waals surface area contributed by atoms with Crippen LogP contribution in [-0.4, -0.2) is 26.9 Å². The molecule has 2 aromatic heterocycles. The lowest BCUT2D eigenvalue weighted by Gasteiger charge is -2.23. The van der Waals surface area contributed by atoms with Gasteiger partial charge in [0.2, 0.25) is 0 Å². The molecule has 0 radical (unpaired) electrons. The van der Waals surface area contributed by atoms with Gasteiger partial charge >= 0.3 is 0 Å². The highest BCUT2D eigenvalue weighted by atomic mass is 35.5. The van der Waals surface area contributed by atoms with Crippen molar-refractivity contribution in [3.05, 3.63) is 68.6 Å². The fourth-order valence-electron chi connectivity index (χ4n) is 3.54. The normalized spacial score (nSPS) is 16.1. The molecule has 28 heavy (non-hydrogen) atoms. The average molecular weight is 415 g/mol. The molecule has 1 aliphatic rings. The maximum absolute atomic E-state index is 12.2. The van der Waals surface area contributed by atoms with Crippen LogP contribution in [0.15, 0.2) is 36.8 Å². The number of carbonyl (C=O) groups excluding carboxylic acids is 1. The lowest BCUT2D eigenvalue weighted by Crippen LogP contribution is -2.30. The molecule has 0 spiro atoms. The van der Waals surface area contributed by atoms with Gasteiger partial charge in [-0.25, -0.2) is 9.97 Å². The Morgan fingerprint density at radius 1 is 1.36 bits per heavy atom. The Hall–Kier alpha value is -2.02. The summed E-state index contributed by atoms with van der Waals surface area (Å²) in [5, 5.41) is 5.49. The molecular formula is C21H23ClN4OS. The first-order valence-corrected chi connectivity index (χ1v) is 10.8. The summed E-state index contributed by atoms with van der Waals surface area (Å²) >= 11 is 7.79. The summed E-state index contributed by atoms with van der Waals surface area (Å²) in [6.07, 6.45) is 7.52. The third kappa shape index (κ3) is 4.51. The van der Waals surface area contributed by atoms with Crippen LogP contribution in [0.5, 0.6) is 0 Å². The largest absolute Gasteiger partial charge is 0.340 e. The highest BCUT2D eigenvalue weighted by Crippen LogP contribution is 2.31. The number of nitrogens with one attached hydrogen (secondary N) is 1. The van der Waals surface area contributed by atoms with Gasteiger partial charge in [-0.15, -0.1) is 11.3 Å². The zero-order valence-corrected chi connectivity index (χ0v) is 17.4. The predicted octanol–water partition coefficient (Wildman–Crippen LogP) is 4.17. The molecule has 4 rings (SSSR count). The summed E-state index contributed by atoms with van der Waals surface area (Å²) in [4.78, 5) is 22.6.